The van der Waals surface area contributed by atoms with Crippen molar-refractivity contribution in [3.8, 4) is 11.5 Å². The van der Waals surface area contributed by atoms with E-state index in [0.29, 0.717) is 24.0 Å². The van der Waals surface area contributed by atoms with Gasteiger partial charge in [0.25, 0.3) is 0 Å². The molecular weight excluding hydrogens is 358 g/mol. The summed E-state index contributed by atoms with van der Waals surface area (Å²) in [5, 5.41) is 0.327. The van der Waals surface area contributed by atoms with Crippen LogP contribution in [0.4, 0.5) is 10.1 Å². The SMILES string of the molecule is CCc1cc(F)c(N)c2cc(-c3occc3P(=O)(O)O)n(CC(C)C)c12. The first kappa shape index (κ1) is 18.7. The molecule has 8 heteroatoms. The molecule has 2 aromatic heterocycles. The zero-order chi connectivity index (χ0) is 19.2. The number of rotatable bonds is 5. The van der Waals surface area contributed by atoms with Crippen LogP contribution < -0.4 is 11.0 Å². The van der Waals surface area contributed by atoms with E-state index in [0.717, 1.165) is 11.1 Å². The van der Waals surface area contributed by atoms with Gasteiger partial charge in [-0.1, -0.05) is 20.8 Å². The molecule has 6 nitrogen and oxygen atoms in total. The van der Waals surface area contributed by atoms with Crippen LogP contribution in [-0.4, -0.2) is 14.4 Å². The van der Waals surface area contributed by atoms with Gasteiger partial charge in [-0.05, 0) is 36.1 Å². The average molecular weight is 380 g/mol. The van der Waals surface area contributed by atoms with Gasteiger partial charge in [0.2, 0.25) is 0 Å². The largest absolute Gasteiger partial charge is 0.462 e. The van der Waals surface area contributed by atoms with Gasteiger partial charge in [-0.2, -0.15) is 0 Å². The number of nitrogens with two attached hydrogens (primary N) is 1. The van der Waals surface area contributed by atoms with E-state index in [1.54, 1.807) is 6.07 Å². The molecule has 0 fully saturated rings. The molecule has 0 bridgehead atoms. The molecule has 0 radical (unpaired) electrons. The van der Waals surface area contributed by atoms with Crippen molar-refractivity contribution in [3.05, 3.63) is 35.8 Å². The van der Waals surface area contributed by atoms with Crippen molar-refractivity contribution in [2.45, 2.75) is 33.7 Å². The smallest absolute Gasteiger partial charge is 0.360 e. The zero-order valence-corrected chi connectivity index (χ0v) is 15.8. The van der Waals surface area contributed by atoms with E-state index < -0.39 is 13.4 Å². The van der Waals surface area contributed by atoms with Crippen LogP contribution in [0.15, 0.2) is 28.9 Å². The second kappa shape index (κ2) is 6.58. The summed E-state index contributed by atoms with van der Waals surface area (Å²) in [4.78, 5) is 19.2. The molecule has 0 saturated carbocycles. The van der Waals surface area contributed by atoms with Crippen LogP contribution in [0.5, 0.6) is 0 Å². The number of aromatic nitrogens is 1. The number of hydrogen-bond donors (Lipinski definition) is 3. The molecule has 1 aromatic carbocycles. The molecule has 0 aliphatic rings. The standard InChI is InChI=1S/C18H22FN2O4P/c1-4-11-7-13(19)16(20)12-8-14(21(17(11)12)9-10(2)3)18-15(5-6-25-18)26(22,23)24/h5-8,10H,4,9,20H2,1-3H3,(H2,22,23,24). The van der Waals surface area contributed by atoms with Crippen molar-refractivity contribution in [2.24, 2.45) is 5.92 Å². The van der Waals surface area contributed by atoms with Gasteiger partial charge in [0.05, 0.1) is 23.2 Å². The topological polar surface area (TPSA) is 102 Å². The van der Waals surface area contributed by atoms with Gasteiger partial charge in [-0.3, -0.25) is 4.57 Å². The number of fused-ring (bicyclic) bond motifs is 1. The monoisotopic (exact) mass is 380 g/mol. The van der Waals surface area contributed by atoms with Gasteiger partial charge in [0, 0.05) is 11.9 Å². The molecule has 4 N–H and O–H groups in total. The van der Waals surface area contributed by atoms with Crippen LogP contribution in [0, 0.1) is 11.7 Å². The summed E-state index contributed by atoms with van der Waals surface area (Å²) in [6.45, 7) is 6.54. The molecule has 2 heterocycles. The number of nitrogens with zero attached hydrogens (tertiary/aromatic N) is 1. The van der Waals surface area contributed by atoms with Crippen LogP contribution in [0.1, 0.15) is 26.3 Å². The Bertz CT molecular complexity index is 1020. The second-order valence-corrected chi connectivity index (χ2v) is 8.33. The van der Waals surface area contributed by atoms with Crippen LogP contribution >= 0.6 is 7.60 Å². The maximum Gasteiger partial charge on any atom is 0.360 e. The number of aryl methyl sites for hydroxylation is 1. The Labute approximate surface area is 150 Å². The van der Waals surface area contributed by atoms with Gasteiger partial charge >= 0.3 is 7.60 Å². The molecule has 0 amide bonds. The Balaban J connectivity index is 2.41. The van der Waals surface area contributed by atoms with Gasteiger partial charge in [-0.15, -0.1) is 0 Å². The summed E-state index contributed by atoms with van der Waals surface area (Å²) in [6, 6.07) is 4.33. The van der Waals surface area contributed by atoms with Crippen LogP contribution in [0.2, 0.25) is 0 Å². The number of halogens is 1. The number of anilines is 1. The molecule has 0 saturated heterocycles. The highest BCUT2D eigenvalue weighted by molar-refractivity contribution is 7.60. The number of furan rings is 1. The molecule has 140 valence electrons. The average Bonchev–Trinajstić information content (AvgIpc) is 3.15. The predicted molar refractivity (Wildman–Crippen MR) is 99.9 cm³/mol. The number of benzene rings is 1. The molecular formula is C18H22FN2O4P. The molecule has 0 aliphatic heterocycles. The quantitative estimate of drug-likeness (QED) is 0.463. The molecule has 0 atom stereocenters. The van der Waals surface area contributed by atoms with Crippen LogP contribution in [-0.2, 0) is 17.5 Å². The van der Waals surface area contributed by atoms with E-state index in [1.807, 2.05) is 25.3 Å². The van der Waals surface area contributed by atoms with E-state index in [4.69, 9.17) is 10.2 Å². The van der Waals surface area contributed by atoms with Crippen molar-refractivity contribution in [1.82, 2.24) is 4.57 Å². The summed E-state index contributed by atoms with van der Waals surface area (Å²) < 4.78 is 33.4. The fraction of sp³-hybridized carbons (Fsp3) is 0.333. The number of nitrogen functional groups attached to an aromatic ring is 1. The lowest BCUT2D eigenvalue weighted by Gasteiger charge is -2.15. The van der Waals surface area contributed by atoms with Crippen molar-refractivity contribution < 1.29 is 23.2 Å². The highest BCUT2D eigenvalue weighted by Gasteiger charge is 2.28. The minimum absolute atomic E-state index is 0.0187. The first-order valence-corrected chi connectivity index (χ1v) is 10.00. The maximum atomic E-state index is 14.2. The van der Waals surface area contributed by atoms with E-state index >= 15 is 0 Å². The fourth-order valence-corrected chi connectivity index (χ4v) is 3.95. The first-order valence-electron chi connectivity index (χ1n) is 8.39. The van der Waals surface area contributed by atoms with E-state index in [-0.39, 0.29) is 22.7 Å². The lowest BCUT2D eigenvalue weighted by Crippen LogP contribution is -2.11. The van der Waals surface area contributed by atoms with Crippen LogP contribution in [0.3, 0.4) is 0 Å². The fourth-order valence-electron chi connectivity index (χ4n) is 3.26. The molecule has 0 aliphatic carbocycles. The summed E-state index contributed by atoms with van der Waals surface area (Å²) >= 11 is 0. The van der Waals surface area contributed by atoms with Crippen LogP contribution in [0.25, 0.3) is 22.4 Å². The summed E-state index contributed by atoms with van der Waals surface area (Å²) in [6.07, 6.45) is 1.84. The van der Waals surface area contributed by atoms with Crippen molar-refractivity contribution in [1.29, 1.82) is 0 Å². The molecule has 3 rings (SSSR count). The minimum Gasteiger partial charge on any atom is -0.462 e. The van der Waals surface area contributed by atoms with Gasteiger partial charge in [0.15, 0.2) is 5.76 Å². The Morgan fingerprint density at radius 3 is 2.62 bits per heavy atom. The first-order chi connectivity index (χ1) is 12.1. The van der Waals surface area contributed by atoms with Gasteiger partial charge in [-0.25, -0.2) is 4.39 Å². The predicted octanol–water partition coefficient (Wildman–Crippen LogP) is 3.64. The highest BCUT2D eigenvalue weighted by atomic mass is 31.2. The summed E-state index contributed by atoms with van der Waals surface area (Å²) in [5.41, 5.74) is 8.00. The third-order valence-corrected chi connectivity index (χ3v) is 5.35. The third kappa shape index (κ3) is 3.07. The summed E-state index contributed by atoms with van der Waals surface area (Å²) in [5.74, 6) is -0.178. The van der Waals surface area contributed by atoms with E-state index in [9.17, 15) is 18.7 Å². The Morgan fingerprint density at radius 2 is 2.04 bits per heavy atom. The molecule has 3 aromatic rings. The van der Waals surface area contributed by atoms with E-state index in [1.165, 1.54) is 18.4 Å². The number of hydrogen-bond acceptors (Lipinski definition) is 3. The van der Waals surface area contributed by atoms with Crippen molar-refractivity contribution in [3.63, 3.8) is 0 Å². The highest BCUT2D eigenvalue weighted by Crippen LogP contribution is 2.41. The minimum atomic E-state index is -4.52. The Hall–Kier alpha value is -2.08. The second-order valence-electron chi connectivity index (χ2n) is 6.76. The molecule has 0 spiro atoms. The van der Waals surface area contributed by atoms with Gasteiger partial charge in [0.1, 0.15) is 11.1 Å². The van der Waals surface area contributed by atoms with E-state index in [2.05, 4.69) is 0 Å². The third-order valence-electron chi connectivity index (χ3n) is 4.37. The summed E-state index contributed by atoms with van der Waals surface area (Å²) in [7, 11) is -4.52. The Morgan fingerprint density at radius 1 is 1.35 bits per heavy atom. The van der Waals surface area contributed by atoms with Crippen molar-refractivity contribution >= 4 is 29.5 Å². The molecule has 26 heavy (non-hydrogen) atoms. The normalized spacial score (nSPS) is 12.4. The Kier molecular flexibility index (Phi) is 4.73. The van der Waals surface area contributed by atoms with Gasteiger partial charge < -0.3 is 24.5 Å². The lowest BCUT2D eigenvalue weighted by molar-refractivity contribution is 0.387. The zero-order valence-electron chi connectivity index (χ0n) is 14.9. The molecule has 0 unspecified atom stereocenters. The maximum absolute atomic E-state index is 14.2. The van der Waals surface area contributed by atoms with Crippen molar-refractivity contribution in [2.75, 3.05) is 5.73 Å². The lowest BCUT2D eigenvalue weighted by atomic mass is 10.1.